The minimum Gasteiger partial charge on any atom is -0.0629 e. The third-order valence-corrected chi connectivity index (χ3v) is 12.8. The smallest absolute Gasteiger partial charge is 0.0629 e. The Hall–Kier alpha value is -2.69. The van der Waals surface area contributed by atoms with Gasteiger partial charge in [-0.15, -0.1) is 0 Å². The molecule has 0 heterocycles. The fourth-order valence-corrected chi connectivity index (χ4v) is 10.7. The third-order valence-electron chi connectivity index (χ3n) is 6.04. The first-order valence-corrected chi connectivity index (χ1v) is 15.1. The SMILES string of the molecule is c1ccc([SiH](CCCC[SiH](c2ccccc2)c2ccccc2)c2ccccc2)cc1. The molecular weight excluding hydrogens is 392 g/mol. The molecule has 0 N–H and O–H groups in total. The molecule has 0 saturated carbocycles. The normalized spacial score (nSPS) is 11.1. The Morgan fingerprint density at radius 2 is 0.567 bits per heavy atom. The summed E-state index contributed by atoms with van der Waals surface area (Å²) in [4.78, 5) is 0. The maximum Gasteiger partial charge on any atom is 0.103 e. The molecule has 0 aliphatic carbocycles. The van der Waals surface area contributed by atoms with Gasteiger partial charge in [0.2, 0.25) is 0 Å². The number of rotatable bonds is 9. The molecule has 150 valence electrons. The molecule has 2 heteroatoms. The van der Waals surface area contributed by atoms with Crippen LogP contribution in [-0.4, -0.2) is 17.6 Å². The predicted molar refractivity (Wildman–Crippen MR) is 137 cm³/mol. The van der Waals surface area contributed by atoms with E-state index in [-0.39, 0.29) is 0 Å². The van der Waals surface area contributed by atoms with Crippen LogP contribution in [0.15, 0.2) is 121 Å². The van der Waals surface area contributed by atoms with Gasteiger partial charge in [0.1, 0.15) is 17.6 Å². The van der Waals surface area contributed by atoms with Crippen molar-refractivity contribution >= 4 is 38.3 Å². The van der Waals surface area contributed by atoms with Gasteiger partial charge in [0.05, 0.1) is 0 Å². The van der Waals surface area contributed by atoms with Crippen molar-refractivity contribution in [1.82, 2.24) is 0 Å². The molecule has 0 bridgehead atoms. The lowest BCUT2D eigenvalue weighted by molar-refractivity contribution is 0.871. The molecule has 0 atom stereocenters. The quantitative estimate of drug-likeness (QED) is 0.284. The highest BCUT2D eigenvalue weighted by Crippen LogP contribution is 2.10. The molecular formula is C28H30Si2. The van der Waals surface area contributed by atoms with E-state index in [1.54, 1.807) is 20.7 Å². The lowest BCUT2D eigenvalue weighted by Crippen LogP contribution is -2.43. The van der Waals surface area contributed by atoms with E-state index in [0.29, 0.717) is 0 Å². The number of unbranched alkanes of at least 4 members (excludes halogenated alkanes) is 1. The maximum atomic E-state index is 2.34. The summed E-state index contributed by atoms with van der Waals surface area (Å²) in [5, 5.41) is 6.29. The molecule has 0 radical (unpaired) electrons. The van der Waals surface area contributed by atoms with E-state index in [1.165, 1.54) is 24.9 Å². The zero-order valence-electron chi connectivity index (χ0n) is 17.5. The summed E-state index contributed by atoms with van der Waals surface area (Å²) < 4.78 is 0. The second-order valence-electron chi connectivity index (χ2n) is 8.03. The van der Waals surface area contributed by atoms with Gasteiger partial charge in [-0.3, -0.25) is 0 Å². The van der Waals surface area contributed by atoms with Crippen LogP contribution in [0, 0.1) is 0 Å². The van der Waals surface area contributed by atoms with E-state index >= 15 is 0 Å². The Morgan fingerprint density at radius 3 is 0.800 bits per heavy atom. The van der Waals surface area contributed by atoms with Crippen LogP contribution < -0.4 is 20.7 Å². The fourth-order valence-electron chi connectivity index (χ4n) is 4.49. The molecule has 0 aliphatic heterocycles. The van der Waals surface area contributed by atoms with Crippen LogP contribution in [0.5, 0.6) is 0 Å². The van der Waals surface area contributed by atoms with Crippen LogP contribution in [0.25, 0.3) is 0 Å². The Kier molecular flexibility index (Phi) is 7.48. The Labute approximate surface area is 184 Å². The molecule has 0 aromatic heterocycles. The lowest BCUT2D eigenvalue weighted by Gasteiger charge is -2.19. The van der Waals surface area contributed by atoms with Gasteiger partial charge in [-0.25, -0.2) is 0 Å². The van der Waals surface area contributed by atoms with Crippen LogP contribution in [0.3, 0.4) is 0 Å². The molecule has 0 aliphatic rings. The van der Waals surface area contributed by atoms with Crippen molar-refractivity contribution in [2.45, 2.75) is 24.9 Å². The highest BCUT2D eigenvalue weighted by molar-refractivity contribution is 6.85. The minimum absolute atomic E-state index is 1.15. The van der Waals surface area contributed by atoms with E-state index in [9.17, 15) is 0 Å². The predicted octanol–water partition coefficient (Wildman–Crippen LogP) is 3.85. The summed E-state index contributed by atoms with van der Waals surface area (Å²) in [6.45, 7) is 0. The zero-order chi connectivity index (χ0) is 20.4. The van der Waals surface area contributed by atoms with Gasteiger partial charge in [-0.1, -0.05) is 167 Å². The highest BCUT2D eigenvalue weighted by Gasteiger charge is 2.18. The topological polar surface area (TPSA) is 0 Å². The van der Waals surface area contributed by atoms with Crippen LogP contribution in [0.1, 0.15) is 12.8 Å². The van der Waals surface area contributed by atoms with Crippen molar-refractivity contribution in [1.29, 1.82) is 0 Å². The molecule has 0 unspecified atom stereocenters. The van der Waals surface area contributed by atoms with Crippen molar-refractivity contribution in [3.05, 3.63) is 121 Å². The van der Waals surface area contributed by atoms with Gasteiger partial charge in [-0.2, -0.15) is 0 Å². The van der Waals surface area contributed by atoms with Crippen LogP contribution in [-0.2, 0) is 0 Å². The van der Waals surface area contributed by atoms with E-state index in [1.807, 2.05) is 0 Å². The summed E-state index contributed by atoms with van der Waals surface area (Å²) >= 11 is 0. The van der Waals surface area contributed by atoms with Gasteiger partial charge < -0.3 is 0 Å². The summed E-state index contributed by atoms with van der Waals surface area (Å²) in [5.74, 6) is 0. The average molecular weight is 423 g/mol. The summed E-state index contributed by atoms with van der Waals surface area (Å²) in [6, 6.07) is 47.6. The Morgan fingerprint density at radius 1 is 0.333 bits per heavy atom. The summed E-state index contributed by atoms with van der Waals surface area (Å²) in [6.07, 6.45) is 2.65. The van der Waals surface area contributed by atoms with E-state index < -0.39 is 17.6 Å². The van der Waals surface area contributed by atoms with E-state index in [2.05, 4.69) is 121 Å². The first-order valence-electron chi connectivity index (χ1n) is 11.1. The van der Waals surface area contributed by atoms with Crippen molar-refractivity contribution < 1.29 is 0 Å². The number of hydrogen-bond donors (Lipinski definition) is 0. The van der Waals surface area contributed by atoms with Crippen molar-refractivity contribution in [3.8, 4) is 0 Å². The lowest BCUT2D eigenvalue weighted by atomic mass is 10.3. The van der Waals surface area contributed by atoms with Crippen LogP contribution >= 0.6 is 0 Å². The van der Waals surface area contributed by atoms with Gasteiger partial charge in [0.25, 0.3) is 0 Å². The molecule has 0 saturated heterocycles. The zero-order valence-corrected chi connectivity index (χ0v) is 19.8. The summed E-state index contributed by atoms with van der Waals surface area (Å²) in [5.41, 5.74) is 0. The standard InChI is InChI=1S/C28H30Si2/c1-5-15-25(16-6-1)29(26-17-7-2-8-18-26)23-13-14-24-30(27-19-9-3-10-20-27)28-21-11-4-12-22-28/h1-12,15-22,29-30H,13-14,23-24H2. The molecule has 0 spiro atoms. The van der Waals surface area contributed by atoms with Crippen LogP contribution in [0.4, 0.5) is 0 Å². The molecule has 0 nitrogen and oxygen atoms in total. The summed E-state index contributed by atoms with van der Waals surface area (Å²) in [7, 11) is -2.29. The van der Waals surface area contributed by atoms with Gasteiger partial charge in [0, 0.05) is 0 Å². The first-order chi connectivity index (χ1) is 14.9. The largest absolute Gasteiger partial charge is 0.103 e. The third kappa shape index (κ3) is 5.47. The van der Waals surface area contributed by atoms with Gasteiger partial charge in [0.15, 0.2) is 0 Å². The second kappa shape index (κ2) is 10.9. The highest BCUT2D eigenvalue weighted by atomic mass is 28.3. The van der Waals surface area contributed by atoms with Gasteiger partial charge in [-0.05, 0) is 0 Å². The average Bonchev–Trinajstić information content (AvgIpc) is 2.84. The molecule has 0 fully saturated rings. The van der Waals surface area contributed by atoms with Gasteiger partial charge >= 0.3 is 0 Å². The van der Waals surface area contributed by atoms with Crippen molar-refractivity contribution in [2.75, 3.05) is 0 Å². The maximum absolute atomic E-state index is 2.34. The number of hydrogen-bond acceptors (Lipinski definition) is 0. The minimum atomic E-state index is -1.15. The monoisotopic (exact) mass is 422 g/mol. The van der Waals surface area contributed by atoms with E-state index in [4.69, 9.17) is 0 Å². The van der Waals surface area contributed by atoms with Crippen molar-refractivity contribution in [3.63, 3.8) is 0 Å². The van der Waals surface area contributed by atoms with Crippen LogP contribution in [0.2, 0.25) is 12.1 Å². The molecule has 4 rings (SSSR count). The fraction of sp³-hybridized carbons (Fsp3) is 0.143. The first kappa shape index (κ1) is 20.6. The second-order valence-corrected chi connectivity index (χ2v) is 14.1. The molecule has 4 aromatic carbocycles. The van der Waals surface area contributed by atoms with Crippen molar-refractivity contribution in [2.24, 2.45) is 0 Å². The van der Waals surface area contributed by atoms with E-state index in [0.717, 1.165) is 0 Å². The molecule has 0 amide bonds. The Bertz CT molecular complexity index is 822. The molecule has 30 heavy (non-hydrogen) atoms. The molecule has 4 aromatic rings. The Balaban J connectivity index is 1.45. The number of benzene rings is 4.